The predicted octanol–water partition coefficient (Wildman–Crippen LogP) is 2.56. The highest BCUT2D eigenvalue weighted by molar-refractivity contribution is 6.31. The lowest BCUT2D eigenvalue weighted by molar-refractivity contribution is -0.142. The van der Waals surface area contributed by atoms with Crippen molar-refractivity contribution >= 4 is 23.6 Å². The summed E-state index contributed by atoms with van der Waals surface area (Å²) in [7, 11) is 0. The number of carbonyl (C=O) groups is 2. The molecule has 0 heterocycles. The average molecular weight is 285 g/mol. The molecule has 5 nitrogen and oxygen atoms in total. The van der Waals surface area contributed by atoms with Gasteiger partial charge in [0.15, 0.2) is 0 Å². The molecule has 19 heavy (non-hydrogen) atoms. The number of amides is 2. The highest BCUT2D eigenvalue weighted by atomic mass is 35.5. The number of hydrogen-bond acceptors (Lipinski definition) is 2. The van der Waals surface area contributed by atoms with E-state index in [1.807, 2.05) is 6.07 Å². The number of hydrogen-bond donors (Lipinski definition) is 3. The Hall–Kier alpha value is -1.75. The van der Waals surface area contributed by atoms with Gasteiger partial charge >= 0.3 is 12.0 Å². The van der Waals surface area contributed by atoms with Crippen LogP contribution >= 0.6 is 11.6 Å². The highest BCUT2D eigenvalue weighted by Crippen LogP contribution is 2.21. The topological polar surface area (TPSA) is 78.4 Å². The second kappa shape index (κ2) is 5.93. The zero-order chi connectivity index (χ0) is 14.6. The molecule has 0 aliphatic carbocycles. The van der Waals surface area contributed by atoms with E-state index in [4.69, 9.17) is 16.7 Å². The molecule has 6 heteroatoms. The minimum absolute atomic E-state index is 0.321. The van der Waals surface area contributed by atoms with Gasteiger partial charge in [-0.1, -0.05) is 29.8 Å². The summed E-state index contributed by atoms with van der Waals surface area (Å²) in [4.78, 5) is 22.6. The number of aliphatic carboxylic acids is 1. The Labute approximate surface area is 117 Å². The molecule has 0 aliphatic heterocycles. The molecule has 0 bridgehead atoms. The summed E-state index contributed by atoms with van der Waals surface area (Å²) >= 11 is 6.02. The largest absolute Gasteiger partial charge is 0.480 e. The normalized spacial score (nSPS) is 12.6. The molecule has 2 amide bonds. The third kappa shape index (κ3) is 4.13. The lowest BCUT2D eigenvalue weighted by Gasteiger charge is -2.23. The Morgan fingerprint density at radius 2 is 1.89 bits per heavy atom. The molecular weight excluding hydrogens is 268 g/mol. The molecule has 1 unspecified atom stereocenters. The average Bonchev–Trinajstić information content (AvgIpc) is 2.28. The number of urea groups is 1. The molecule has 0 spiro atoms. The van der Waals surface area contributed by atoms with Crippen LogP contribution in [0, 0.1) is 0 Å². The molecule has 0 saturated carbocycles. The van der Waals surface area contributed by atoms with E-state index < -0.39 is 17.5 Å². The SMILES string of the molecule is CC(NC(=O)NC(C)(C)C(=O)O)c1ccccc1Cl. The van der Waals surface area contributed by atoms with E-state index >= 15 is 0 Å². The first-order valence-corrected chi connectivity index (χ1v) is 6.18. The maximum Gasteiger partial charge on any atom is 0.328 e. The molecule has 0 saturated heterocycles. The monoisotopic (exact) mass is 284 g/mol. The number of halogens is 1. The van der Waals surface area contributed by atoms with Crippen LogP contribution < -0.4 is 10.6 Å². The molecule has 1 rings (SSSR count). The molecule has 3 N–H and O–H groups in total. The molecule has 0 aromatic heterocycles. The minimum Gasteiger partial charge on any atom is -0.480 e. The Balaban J connectivity index is 2.68. The van der Waals surface area contributed by atoms with Crippen molar-refractivity contribution in [1.82, 2.24) is 10.6 Å². The molecule has 0 radical (unpaired) electrons. The van der Waals surface area contributed by atoms with E-state index in [1.54, 1.807) is 25.1 Å². The zero-order valence-corrected chi connectivity index (χ0v) is 11.8. The fourth-order valence-electron chi connectivity index (χ4n) is 1.47. The van der Waals surface area contributed by atoms with Crippen LogP contribution in [0.4, 0.5) is 4.79 Å². The third-order valence-electron chi connectivity index (χ3n) is 2.68. The highest BCUT2D eigenvalue weighted by Gasteiger charge is 2.29. The van der Waals surface area contributed by atoms with E-state index in [2.05, 4.69) is 10.6 Å². The van der Waals surface area contributed by atoms with Crippen molar-refractivity contribution in [2.75, 3.05) is 0 Å². The van der Waals surface area contributed by atoms with Crippen molar-refractivity contribution in [3.05, 3.63) is 34.9 Å². The Morgan fingerprint density at radius 3 is 2.42 bits per heavy atom. The summed E-state index contributed by atoms with van der Waals surface area (Å²) in [6.07, 6.45) is 0. The van der Waals surface area contributed by atoms with Crippen LogP contribution in [-0.4, -0.2) is 22.6 Å². The van der Waals surface area contributed by atoms with Crippen molar-refractivity contribution < 1.29 is 14.7 Å². The smallest absolute Gasteiger partial charge is 0.328 e. The van der Waals surface area contributed by atoms with E-state index in [-0.39, 0.29) is 6.04 Å². The standard InChI is InChI=1S/C13H17ClN2O3/c1-8(9-6-4-5-7-10(9)14)15-12(19)16-13(2,3)11(17)18/h4-8H,1-3H3,(H,17,18)(H2,15,16,19). The molecule has 0 fully saturated rings. The summed E-state index contributed by atoms with van der Waals surface area (Å²) in [5, 5.41) is 14.5. The van der Waals surface area contributed by atoms with Crippen molar-refractivity contribution in [1.29, 1.82) is 0 Å². The molecule has 1 aromatic rings. The Kier molecular flexibility index (Phi) is 4.78. The van der Waals surface area contributed by atoms with Crippen LogP contribution in [0.2, 0.25) is 5.02 Å². The van der Waals surface area contributed by atoms with E-state index in [1.165, 1.54) is 13.8 Å². The van der Waals surface area contributed by atoms with Gasteiger partial charge in [0.1, 0.15) is 5.54 Å². The first-order valence-electron chi connectivity index (χ1n) is 5.80. The van der Waals surface area contributed by atoms with Crippen molar-refractivity contribution in [3.63, 3.8) is 0 Å². The Morgan fingerprint density at radius 1 is 1.32 bits per heavy atom. The third-order valence-corrected chi connectivity index (χ3v) is 3.02. The maximum atomic E-state index is 11.7. The van der Waals surface area contributed by atoms with Gasteiger partial charge in [-0.2, -0.15) is 0 Å². The fourth-order valence-corrected chi connectivity index (χ4v) is 1.77. The number of benzene rings is 1. The number of carboxylic acid groups (broad SMARTS) is 1. The summed E-state index contributed by atoms with van der Waals surface area (Å²) in [5.41, 5.74) is -0.558. The molecular formula is C13H17ClN2O3. The van der Waals surface area contributed by atoms with Crippen LogP contribution in [0.15, 0.2) is 24.3 Å². The first-order chi connectivity index (χ1) is 8.74. The lowest BCUT2D eigenvalue weighted by atomic mass is 10.1. The summed E-state index contributed by atoms with van der Waals surface area (Å²) < 4.78 is 0. The van der Waals surface area contributed by atoms with Crippen LogP contribution in [0.5, 0.6) is 0 Å². The number of carboxylic acids is 1. The van der Waals surface area contributed by atoms with Gasteiger partial charge < -0.3 is 15.7 Å². The lowest BCUT2D eigenvalue weighted by Crippen LogP contribution is -2.53. The zero-order valence-electron chi connectivity index (χ0n) is 11.0. The van der Waals surface area contributed by atoms with Crippen LogP contribution in [0.1, 0.15) is 32.4 Å². The quantitative estimate of drug-likeness (QED) is 0.795. The molecule has 1 atom stereocenters. The second-order valence-electron chi connectivity index (χ2n) is 4.77. The van der Waals surface area contributed by atoms with Crippen LogP contribution in [-0.2, 0) is 4.79 Å². The predicted molar refractivity (Wildman–Crippen MR) is 73.2 cm³/mol. The van der Waals surface area contributed by atoms with Crippen molar-refractivity contribution in [3.8, 4) is 0 Å². The van der Waals surface area contributed by atoms with Crippen molar-refractivity contribution in [2.45, 2.75) is 32.4 Å². The summed E-state index contributed by atoms with van der Waals surface area (Å²) in [6, 6.07) is 6.27. The van der Waals surface area contributed by atoms with Gasteiger partial charge in [-0.25, -0.2) is 9.59 Å². The van der Waals surface area contributed by atoms with Crippen LogP contribution in [0.25, 0.3) is 0 Å². The minimum atomic E-state index is -1.33. The maximum absolute atomic E-state index is 11.7. The number of rotatable bonds is 4. The molecule has 1 aromatic carbocycles. The van der Waals surface area contributed by atoms with Crippen molar-refractivity contribution in [2.24, 2.45) is 0 Å². The van der Waals surface area contributed by atoms with Gasteiger partial charge in [-0.3, -0.25) is 0 Å². The van der Waals surface area contributed by atoms with Gasteiger partial charge in [0.2, 0.25) is 0 Å². The van der Waals surface area contributed by atoms with Gasteiger partial charge in [-0.15, -0.1) is 0 Å². The first kappa shape index (κ1) is 15.3. The van der Waals surface area contributed by atoms with Gasteiger partial charge in [-0.05, 0) is 32.4 Å². The number of nitrogens with one attached hydrogen (secondary N) is 2. The second-order valence-corrected chi connectivity index (χ2v) is 5.18. The summed E-state index contributed by atoms with van der Waals surface area (Å²) in [6.45, 7) is 4.60. The molecule has 104 valence electrons. The van der Waals surface area contributed by atoms with E-state index in [0.717, 1.165) is 5.56 Å². The summed E-state index contributed by atoms with van der Waals surface area (Å²) in [5.74, 6) is -1.10. The number of carbonyl (C=O) groups excluding carboxylic acids is 1. The van der Waals surface area contributed by atoms with Gasteiger partial charge in [0.05, 0.1) is 6.04 Å². The fraction of sp³-hybridized carbons (Fsp3) is 0.385. The van der Waals surface area contributed by atoms with Crippen LogP contribution in [0.3, 0.4) is 0 Å². The Bertz CT molecular complexity index is 489. The van der Waals surface area contributed by atoms with Gasteiger partial charge in [0.25, 0.3) is 0 Å². The van der Waals surface area contributed by atoms with E-state index in [0.29, 0.717) is 5.02 Å². The molecule has 0 aliphatic rings. The van der Waals surface area contributed by atoms with Gasteiger partial charge in [0, 0.05) is 5.02 Å². The van der Waals surface area contributed by atoms with E-state index in [9.17, 15) is 9.59 Å².